The third kappa shape index (κ3) is 4.09. The Kier molecular flexibility index (Phi) is 6.16. The number of methoxy groups -OCH3 is 3. The molecule has 0 unspecified atom stereocenters. The van der Waals surface area contributed by atoms with Crippen LogP contribution >= 0.6 is 15.9 Å². The van der Waals surface area contributed by atoms with Crippen LogP contribution in [0.25, 0.3) is 10.8 Å². The van der Waals surface area contributed by atoms with Crippen molar-refractivity contribution in [1.82, 2.24) is 5.43 Å². The minimum atomic E-state index is -0.370. The molecule has 144 valence electrons. The Morgan fingerprint density at radius 2 is 1.57 bits per heavy atom. The third-order valence-electron chi connectivity index (χ3n) is 4.19. The first-order valence-electron chi connectivity index (χ1n) is 8.39. The second-order valence-electron chi connectivity index (χ2n) is 5.83. The predicted octanol–water partition coefficient (Wildman–Crippen LogP) is 4.39. The van der Waals surface area contributed by atoms with Crippen molar-refractivity contribution < 1.29 is 19.0 Å². The quantitative estimate of drug-likeness (QED) is 0.453. The van der Waals surface area contributed by atoms with E-state index < -0.39 is 0 Å². The van der Waals surface area contributed by atoms with Gasteiger partial charge >= 0.3 is 0 Å². The Hall–Kier alpha value is -3.06. The highest BCUT2D eigenvalue weighted by Crippen LogP contribution is 2.32. The molecule has 1 amide bonds. The number of nitrogens with zero attached hydrogens (tertiary/aromatic N) is 1. The van der Waals surface area contributed by atoms with Gasteiger partial charge in [-0.2, -0.15) is 5.10 Å². The number of halogens is 1. The van der Waals surface area contributed by atoms with E-state index >= 15 is 0 Å². The topological polar surface area (TPSA) is 69.2 Å². The number of hydrogen-bond donors (Lipinski definition) is 1. The lowest BCUT2D eigenvalue weighted by Gasteiger charge is -2.10. The largest absolute Gasteiger partial charge is 0.496 e. The minimum Gasteiger partial charge on any atom is -0.496 e. The maximum absolute atomic E-state index is 12.6. The Morgan fingerprint density at radius 1 is 0.929 bits per heavy atom. The van der Waals surface area contributed by atoms with E-state index in [1.165, 1.54) is 13.3 Å². The third-order valence-corrected chi connectivity index (χ3v) is 4.81. The van der Waals surface area contributed by atoms with Crippen LogP contribution in [0.15, 0.2) is 58.1 Å². The van der Waals surface area contributed by atoms with Crippen LogP contribution in [-0.2, 0) is 0 Å². The summed E-state index contributed by atoms with van der Waals surface area (Å²) in [6.45, 7) is 0. The van der Waals surface area contributed by atoms with Crippen molar-refractivity contribution in [3.05, 3.63) is 64.1 Å². The number of amides is 1. The average molecular weight is 443 g/mol. The zero-order chi connectivity index (χ0) is 20.1. The van der Waals surface area contributed by atoms with Crippen LogP contribution in [0.2, 0.25) is 0 Å². The van der Waals surface area contributed by atoms with Gasteiger partial charge in [0.1, 0.15) is 17.2 Å². The summed E-state index contributed by atoms with van der Waals surface area (Å²) in [6.07, 6.45) is 1.51. The smallest absolute Gasteiger partial charge is 0.275 e. The van der Waals surface area contributed by atoms with E-state index in [0.717, 1.165) is 15.2 Å². The van der Waals surface area contributed by atoms with E-state index in [1.54, 1.807) is 32.4 Å². The van der Waals surface area contributed by atoms with Crippen LogP contribution in [0.4, 0.5) is 0 Å². The molecule has 0 bridgehead atoms. The molecule has 0 radical (unpaired) electrons. The van der Waals surface area contributed by atoms with Crippen LogP contribution in [0.3, 0.4) is 0 Å². The zero-order valence-electron chi connectivity index (χ0n) is 15.7. The van der Waals surface area contributed by atoms with Gasteiger partial charge in [0.05, 0.1) is 37.6 Å². The van der Waals surface area contributed by atoms with E-state index in [2.05, 4.69) is 26.5 Å². The summed E-state index contributed by atoms with van der Waals surface area (Å²) < 4.78 is 16.7. The van der Waals surface area contributed by atoms with E-state index in [1.807, 2.05) is 30.3 Å². The Morgan fingerprint density at radius 3 is 2.21 bits per heavy atom. The molecule has 0 fully saturated rings. The van der Waals surface area contributed by atoms with Gasteiger partial charge in [0.15, 0.2) is 0 Å². The lowest BCUT2D eigenvalue weighted by atomic mass is 10.1. The van der Waals surface area contributed by atoms with Crippen molar-refractivity contribution in [2.75, 3.05) is 21.3 Å². The molecule has 28 heavy (non-hydrogen) atoms. The lowest BCUT2D eigenvalue weighted by Crippen LogP contribution is -2.18. The summed E-state index contributed by atoms with van der Waals surface area (Å²) in [6, 6.07) is 14.9. The highest BCUT2D eigenvalue weighted by Gasteiger charge is 2.13. The zero-order valence-corrected chi connectivity index (χ0v) is 17.2. The van der Waals surface area contributed by atoms with Gasteiger partial charge in [-0.3, -0.25) is 4.79 Å². The van der Waals surface area contributed by atoms with Crippen molar-refractivity contribution >= 4 is 38.8 Å². The summed E-state index contributed by atoms with van der Waals surface area (Å²) in [4.78, 5) is 12.6. The van der Waals surface area contributed by atoms with Gasteiger partial charge in [-0.25, -0.2) is 5.43 Å². The van der Waals surface area contributed by atoms with E-state index in [0.29, 0.717) is 28.4 Å². The number of benzene rings is 3. The van der Waals surface area contributed by atoms with E-state index in [9.17, 15) is 4.79 Å². The van der Waals surface area contributed by atoms with E-state index in [-0.39, 0.29) is 5.91 Å². The maximum atomic E-state index is 12.6. The van der Waals surface area contributed by atoms with Gasteiger partial charge in [0.25, 0.3) is 5.91 Å². The second kappa shape index (κ2) is 8.75. The van der Waals surface area contributed by atoms with Crippen LogP contribution in [-0.4, -0.2) is 33.5 Å². The van der Waals surface area contributed by atoms with Gasteiger partial charge in [-0.1, -0.05) is 24.3 Å². The fourth-order valence-electron chi connectivity index (χ4n) is 2.77. The number of rotatable bonds is 6. The van der Waals surface area contributed by atoms with E-state index in [4.69, 9.17) is 14.2 Å². The van der Waals surface area contributed by atoms with Gasteiger partial charge in [0.2, 0.25) is 0 Å². The molecule has 0 aliphatic carbocycles. The van der Waals surface area contributed by atoms with Crippen molar-refractivity contribution in [3.8, 4) is 17.2 Å². The molecule has 3 aromatic rings. The van der Waals surface area contributed by atoms with Crippen molar-refractivity contribution in [2.24, 2.45) is 5.10 Å². The SMILES string of the molecule is COc1cc(OC)c(C=NNC(=O)c2cc3ccccc3cc2OC)cc1Br. The lowest BCUT2D eigenvalue weighted by molar-refractivity contribution is 0.0952. The minimum absolute atomic E-state index is 0.370. The number of hydrazone groups is 1. The number of ether oxygens (including phenoxy) is 3. The molecule has 0 spiro atoms. The van der Waals surface area contributed by atoms with Gasteiger partial charge in [-0.15, -0.1) is 0 Å². The molecule has 0 aliphatic heterocycles. The molecule has 1 N–H and O–H groups in total. The van der Waals surface area contributed by atoms with Gasteiger partial charge < -0.3 is 14.2 Å². The first kappa shape index (κ1) is 19.7. The maximum Gasteiger partial charge on any atom is 0.275 e. The number of hydrogen-bond acceptors (Lipinski definition) is 5. The molecule has 0 heterocycles. The number of fused-ring (bicyclic) bond motifs is 1. The molecule has 7 heteroatoms. The number of carbonyl (C=O) groups is 1. The fraction of sp³-hybridized carbons (Fsp3) is 0.143. The van der Waals surface area contributed by atoms with Crippen molar-refractivity contribution in [1.29, 1.82) is 0 Å². The monoisotopic (exact) mass is 442 g/mol. The summed E-state index contributed by atoms with van der Waals surface area (Å²) in [7, 11) is 4.66. The summed E-state index contributed by atoms with van der Waals surface area (Å²) >= 11 is 3.42. The highest BCUT2D eigenvalue weighted by atomic mass is 79.9. The number of carbonyl (C=O) groups excluding carboxylic acids is 1. The normalized spacial score (nSPS) is 10.9. The molecular formula is C21H19BrN2O4. The molecule has 3 rings (SSSR count). The van der Waals surface area contributed by atoms with Crippen molar-refractivity contribution in [2.45, 2.75) is 0 Å². The first-order valence-corrected chi connectivity index (χ1v) is 9.18. The first-order chi connectivity index (χ1) is 13.6. The van der Waals surface area contributed by atoms with Crippen LogP contribution in [0.5, 0.6) is 17.2 Å². The molecular weight excluding hydrogens is 424 g/mol. The summed E-state index contributed by atoms with van der Waals surface area (Å²) in [5.74, 6) is 1.32. The predicted molar refractivity (Wildman–Crippen MR) is 113 cm³/mol. The number of nitrogens with one attached hydrogen (secondary N) is 1. The molecule has 0 aliphatic rings. The molecule has 6 nitrogen and oxygen atoms in total. The summed E-state index contributed by atoms with van der Waals surface area (Å²) in [5, 5.41) is 5.99. The molecule has 0 saturated heterocycles. The van der Waals surface area contributed by atoms with Gasteiger partial charge in [0, 0.05) is 11.6 Å². The van der Waals surface area contributed by atoms with Crippen molar-refractivity contribution in [3.63, 3.8) is 0 Å². The average Bonchev–Trinajstić information content (AvgIpc) is 2.72. The van der Waals surface area contributed by atoms with Crippen LogP contribution in [0, 0.1) is 0 Å². The molecule has 3 aromatic carbocycles. The molecule has 0 saturated carbocycles. The summed E-state index contributed by atoms with van der Waals surface area (Å²) in [5.41, 5.74) is 3.62. The molecule has 0 aromatic heterocycles. The standard InChI is InChI=1S/C21H19BrN2O4/c1-26-18-11-20(28-3)17(22)9-15(18)12-23-24-21(25)16-8-13-6-4-5-7-14(13)10-19(16)27-2/h4-12H,1-3H3,(H,24,25). The van der Waals surface area contributed by atoms with Crippen LogP contribution < -0.4 is 19.6 Å². The van der Waals surface area contributed by atoms with Crippen LogP contribution in [0.1, 0.15) is 15.9 Å². The fourth-order valence-corrected chi connectivity index (χ4v) is 3.29. The Labute approximate surface area is 171 Å². The Balaban J connectivity index is 1.84. The highest BCUT2D eigenvalue weighted by molar-refractivity contribution is 9.10. The second-order valence-corrected chi connectivity index (χ2v) is 6.68. The van der Waals surface area contributed by atoms with Gasteiger partial charge in [-0.05, 0) is 44.9 Å². The molecule has 0 atom stereocenters. The Bertz CT molecular complexity index is 1050.